The minimum atomic E-state index is -0.603. The molecule has 0 fully saturated rings. The highest BCUT2D eigenvalue weighted by molar-refractivity contribution is 6.04. The normalized spacial score (nSPS) is 10.6. The molecule has 2 aromatic heterocycles. The smallest absolute Gasteiger partial charge is 0.255 e. The topological polar surface area (TPSA) is 91.2 Å². The van der Waals surface area contributed by atoms with Crippen LogP contribution in [0.5, 0.6) is 17.4 Å². The molecule has 9 heteroatoms. The molecule has 2 heterocycles. The molecular weight excluding hydrogens is 413 g/mol. The molecule has 32 heavy (non-hydrogen) atoms. The van der Waals surface area contributed by atoms with Crippen LogP contribution in [-0.2, 0) is 0 Å². The number of amides is 1. The third-order valence-electron chi connectivity index (χ3n) is 4.60. The molecule has 0 aliphatic heterocycles. The molecule has 162 valence electrons. The standard InChI is InChI=1S/C23H20FN5O3/c1-14-10-15(2)29(28-14)21-12-22(26-13-25-21)32-18-7-5-17(6-8-18)27-23(30)16-4-9-20(31-3)19(24)11-16/h4-13H,1-3H3,(H,27,30). The summed E-state index contributed by atoms with van der Waals surface area (Å²) in [4.78, 5) is 20.8. The number of nitrogens with zero attached hydrogens (tertiary/aromatic N) is 4. The number of anilines is 1. The number of ether oxygens (including phenoxy) is 2. The van der Waals surface area contributed by atoms with E-state index in [2.05, 4.69) is 20.4 Å². The second-order valence-electron chi connectivity index (χ2n) is 6.98. The van der Waals surface area contributed by atoms with Gasteiger partial charge in [0.15, 0.2) is 17.4 Å². The summed E-state index contributed by atoms with van der Waals surface area (Å²) >= 11 is 0. The highest BCUT2D eigenvalue weighted by atomic mass is 19.1. The van der Waals surface area contributed by atoms with Gasteiger partial charge < -0.3 is 14.8 Å². The number of benzene rings is 2. The zero-order chi connectivity index (χ0) is 22.7. The Bertz CT molecular complexity index is 1270. The van der Waals surface area contributed by atoms with Crippen LogP contribution in [0.3, 0.4) is 0 Å². The van der Waals surface area contributed by atoms with Crippen molar-refractivity contribution in [1.29, 1.82) is 0 Å². The number of carbonyl (C=O) groups is 1. The Hall–Kier alpha value is -4.27. The van der Waals surface area contributed by atoms with E-state index in [1.165, 1.54) is 25.6 Å². The molecule has 2 aromatic carbocycles. The molecule has 0 atom stereocenters. The van der Waals surface area contributed by atoms with Crippen molar-refractivity contribution in [2.75, 3.05) is 12.4 Å². The predicted octanol–water partition coefficient (Wildman–Crippen LogP) is 4.47. The summed E-state index contributed by atoms with van der Waals surface area (Å²) < 4.78 is 26.2. The fraction of sp³-hybridized carbons (Fsp3) is 0.130. The predicted molar refractivity (Wildman–Crippen MR) is 116 cm³/mol. The van der Waals surface area contributed by atoms with Crippen LogP contribution < -0.4 is 14.8 Å². The number of aryl methyl sites for hydroxylation is 2. The van der Waals surface area contributed by atoms with Crippen molar-refractivity contribution >= 4 is 11.6 Å². The van der Waals surface area contributed by atoms with Gasteiger partial charge >= 0.3 is 0 Å². The lowest BCUT2D eigenvalue weighted by atomic mass is 10.2. The summed E-state index contributed by atoms with van der Waals surface area (Å²) in [5.74, 6) is 0.508. The fourth-order valence-corrected chi connectivity index (χ4v) is 3.10. The lowest BCUT2D eigenvalue weighted by Gasteiger charge is -2.09. The summed E-state index contributed by atoms with van der Waals surface area (Å²) in [5.41, 5.74) is 2.55. The first-order chi connectivity index (χ1) is 15.4. The van der Waals surface area contributed by atoms with Gasteiger partial charge in [0.2, 0.25) is 5.88 Å². The number of nitrogens with one attached hydrogen (secondary N) is 1. The largest absolute Gasteiger partial charge is 0.494 e. The Labute approximate surface area is 183 Å². The molecule has 0 unspecified atom stereocenters. The first kappa shape index (κ1) is 21.0. The fourth-order valence-electron chi connectivity index (χ4n) is 3.10. The van der Waals surface area contributed by atoms with Crippen molar-refractivity contribution in [3.8, 4) is 23.2 Å². The lowest BCUT2D eigenvalue weighted by molar-refractivity contribution is 0.102. The number of aromatic nitrogens is 4. The molecule has 0 aliphatic carbocycles. The Kier molecular flexibility index (Phi) is 5.80. The minimum Gasteiger partial charge on any atom is -0.494 e. The van der Waals surface area contributed by atoms with E-state index in [1.807, 2.05) is 19.9 Å². The molecule has 8 nitrogen and oxygen atoms in total. The van der Waals surface area contributed by atoms with E-state index in [9.17, 15) is 9.18 Å². The summed E-state index contributed by atoms with van der Waals surface area (Å²) in [7, 11) is 1.36. The van der Waals surface area contributed by atoms with E-state index in [4.69, 9.17) is 9.47 Å². The van der Waals surface area contributed by atoms with Gasteiger partial charge in [-0.05, 0) is 62.4 Å². The third kappa shape index (κ3) is 4.56. The van der Waals surface area contributed by atoms with Gasteiger partial charge in [-0.25, -0.2) is 19.0 Å². The van der Waals surface area contributed by atoms with Gasteiger partial charge in [-0.2, -0.15) is 5.10 Å². The maximum absolute atomic E-state index is 13.8. The number of carbonyl (C=O) groups excluding carboxylic acids is 1. The number of methoxy groups -OCH3 is 1. The third-order valence-corrected chi connectivity index (χ3v) is 4.60. The van der Waals surface area contributed by atoms with Crippen LogP contribution in [0.15, 0.2) is 60.9 Å². The van der Waals surface area contributed by atoms with Crippen LogP contribution in [-0.4, -0.2) is 32.8 Å². The van der Waals surface area contributed by atoms with Gasteiger partial charge in [0.05, 0.1) is 12.8 Å². The monoisotopic (exact) mass is 433 g/mol. The second-order valence-corrected chi connectivity index (χ2v) is 6.98. The molecule has 0 saturated carbocycles. The maximum atomic E-state index is 13.8. The first-order valence-electron chi connectivity index (χ1n) is 9.71. The second kappa shape index (κ2) is 8.84. The van der Waals surface area contributed by atoms with Crippen LogP contribution in [0.2, 0.25) is 0 Å². The van der Waals surface area contributed by atoms with Crippen LogP contribution >= 0.6 is 0 Å². The number of halogens is 1. The molecule has 0 bridgehead atoms. The quantitative estimate of drug-likeness (QED) is 0.482. The Balaban J connectivity index is 1.44. The van der Waals surface area contributed by atoms with E-state index in [0.717, 1.165) is 17.5 Å². The summed E-state index contributed by atoms with van der Waals surface area (Å²) in [6, 6.07) is 14.4. The molecular formula is C23H20FN5O3. The van der Waals surface area contributed by atoms with Gasteiger partial charge in [-0.3, -0.25) is 4.79 Å². The van der Waals surface area contributed by atoms with Crippen molar-refractivity contribution in [2.45, 2.75) is 13.8 Å². The summed E-state index contributed by atoms with van der Waals surface area (Å²) in [6.07, 6.45) is 1.41. The Morgan fingerprint density at radius 3 is 2.47 bits per heavy atom. The summed E-state index contributed by atoms with van der Waals surface area (Å²) in [6.45, 7) is 3.85. The average Bonchev–Trinajstić information content (AvgIpc) is 3.13. The van der Waals surface area contributed by atoms with Crippen LogP contribution in [0.25, 0.3) is 5.82 Å². The zero-order valence-electron chi connectivity index (χ0n) is 17.7. The molecule has 4 rings (SSSR count). The van der Waals surface area contributed by atoms with Crippen LogP contribution in [0.4, 0.5) is 10.1 Å². The number of hydrogen-bond acceptors (Lipinski definition) is 6. The Morgan fingerprint density at radius 2 is 1.81 bits per heavy atom. The Morgan fingerprint density at radius 1 is 1.03 bits per heavy atom. The van der Waals surface area contributed by atoms with Gasteiger partial charge in [0.1, 0.15) is 12.1 Å². The maximum Gasteiger partial charge on any atom is 0.255 e. The first-order valence-corrected chi connectivity index (χ1v) is 9.71. The minimum absolute atomic E-state index is 0.0776. The number of rotatable bonds is 6. The van der Waals surface area contributed by atoms with Gasteiger partial charge in [0, 0.05) is 23.0 Å². The van der Waals surface area contributed by atoms with E-state index >= 15 is 0 Å². The average molecular weight is 433 g/mol. The lowest BCUT2D eigenvalue weighted by Crippen LogP contribution is -2.12. The molecule has 0 saturated heterocycles. The van der Waals surface area contributed by atoms with E-state index in [0.29, 0.717) is 23.1 Å². The summed E-state index contributed by atoms with van der Waals surface area (Å²) in [5, 5.41) is 7.12. The molecule has 4 aromatic rings. The molecule has 0 spiro atoms. The van der Waals surface area contributed by atoms with E-state index in [-0.39, 0.29) is 11.3 Å². The zero-order valence-corrected chi connectivity index (χ0v) is 17.7. The van der Waals surface area contributed by atoms with Crippen LogP contribution in [0, 0.1) is 19.7 Å². The SMILES string of the molecule is COc1ccc(C(=O)Nc2ccc(Oc3cc(-n4nc(C)cc4C)ncn3)cc2)cc1F. The molecule has 1 amide bonds. The van der Waals surface area contributed by atoms with Crippen molar-refractivity contribution in [3.63, 3.8) is 0 Å². The highest BCUT2D eigenvalue weighted by Gasteiger charge is 2.11. The van der Waals surface area contributed by atoms with E-state index in [1.54, 1.807) is 35.0 Å². The van der Waals surface area contributed by atoms with Gasteiger partial charge in [0.25, 0.3) is 5.91 Å². The van der Waals surface area contributed by atoms with Gasteiger partial charge in [-0.15, -0.1) is 0 Å². The molecule has 0 aliphatic rings. The van der Waals surface area contributed by atoms with Crippen molar-refractivity contribution < 1.29 is 18.7 Å². The number of hydrogen-bond donors (Lipinski definition) is 1. The highest BCUT2D eigenvalue weighted by Crippen LogP contribution is 2.24. The van der Waals surface area contributed by atoms with Gasteiger partial charge in [-0.1, -0.05) is 0 Å². The van der Waals surface area contributed by atoms with Crippen molar-refractivity contribution in [3.05, 3.63) is 83.7 Å². The van der Waals surface area contributed by atoms with Crippen LogP contribution in [0.1, 0.15) is 21.7 Å². The molecule has 0 radical (unpaired) electrons. The van der Waals surface area contributed by atoms with Crippen molar-refractivity contribution in [2.24, 2.45) is 0 Å². The van der Waals surface area contributed by atoms with Crippen molar-refractivity contribution in [1.82, 2.24) is 19.7 Å². The van der Waals surface area contributed by atoms with E-state index < -0.39 is 11.7 Å². The molecule has 1 N–H and O–H groups in total.